The summed E-state index contributed by atoms with van der Waals surface area (Å²) in [4.78, 5) is 65.2. The molecule has 0 aliphatic carbocycles. The average Bonchev–Trinajstić information content (AvgIpc) is 2.59. The van der Waals surface area contributed by atoms with Gasteiger partial charge in [-0.25, -0.2) is 0 Å². The average molecular weight is 400 g/mol. The number of aliphatic carboxylic acids is 2. The largest absolute Gasteiger partial charge is 0.481 e. The lowest BCUT2D eigenvalue weighted by atomic mass is 10.1. The molecule has 0 radical (unpaired) electrons. The molecule has 0 bridgehead atoms. The third-order valence-electron chi connectivity index (χ3n) is 4.06. The van der Waals surface area contributed by atoms with Crippen LogP contribution in [0.3, 0.4) is 0 Å². The lowest BCUT2D eigenvalue weighted by molar-refractivity contribution is -0.140. The summed E-state index contributed by atoms with van der Waals surface area (Å²) in [7, 11) is 0. The Morgan fingerprint density at radius 2 is 1.00 bits per heavy atom. The number of piperazine rings is 2. The van der Waals surface area contributed by atoms with Crippen molar-refractivity contribution in [3.05, 3.63) is 0 Å². The zero-order valence-electron chi connectivity index (χ0n) is 15.5. The molecule has 2 heterocycles. The molecule has 2 fully saturated rings. The lowest BCUT2D eigenvalue weighted by Gasteiger charge is -2.27. The highest BCUT2D eigenvalue weighted by Crippen LogP contribution is 2.04. The molecule has 6 N–H and O–H groups in total. The van der Waals surface area contributed by atoms with Crippen LogP contribution in [0.15, 0.2) is 0 Å². The van der Waals surface area contributed by atoms with Gasteiger partial charge in [-0.1, -0.05) is 0 Å². The van der Waals surface area contributed by atoms with E-state index in [1.54, 1.807) is 13.8 Å². The number of carboxylic acid groups (broad SMARTS) is 2. The van der Waals surface area contributed by atoms with Gasteiger partial charge in [-0.15, -0.1) is 0 Å². The van der Waals surface area contributed by atoms with Crippen molar-refractivity contribution in [3.8, 4) is 0 Å². The molecule has 0 aromatic carbocycles. The van der Waals surface area contributed by atoms with E-state index in [2.05, 4.69) is 21.3 Å². The van der Waals surface area contributed by atoms with Crippen LogP contribution in [0.5, 0.6) is 0 Å². The third kappa shape index (κ3) is 7.21. The van der Waals surface area contributed by atoms with E-state index in [9.17, 15) is 28.8 Å². The molecule has 0 unspecified atom stereocenters. The monoisotopic (exact) mass is 400 g/mol. The summed E-state index contributed by atoms with van der Waals surface area (Å²) < 4.78 is 0. The van der Waals surface area contributed by atoms with E-state index in [1.807, 2.05) is 0 Å². The minimum absolute atomic E-state index is 0.125. The Morgan fingerprint density at radius 1 is 0.679 bits per heavy atom. The maximum absolute atomic E-state index is 11.2. The van der Waals surface area contributed by atoms with Gasteiger partial charge in [0.05, 0.1) is 0 Å². The highest BCUT2D eigenvalue weighted by Gasteiger charge is 2.31. The Morgan fingerprint density at radius 3 is 1.29 bits per heavy atom. The number of amides is 4. The number of carbonyl (C=O) groups is 6. The smallest absolute Gasteiger partial charge is 0.303 e. The molecule has 2 aliphatic rings. The number of rotatable bonds is 6. The molecule has 2 aliphatic heterocycles. The van der Waals surface area contributed by atoms with E-state index in [4.69, 9.17) is 10.2 Å². The summed E-state index contributed by atoms with van der Waals surface area (Å²) in [6, 6.07) is -2.50. The lowest BCUT2D eigenvalue weighted by Crippen LogP contribution is -2.60. The SMILES string of the molecule is C[C@@H]1NC(=O)[C@@H](CCC(=O)O)NC1=O.C[C@H]1NC(=O)[C@H](CCC(=O)O)NC1=O. The summed E-state index contributed by atoms with van der Waals surface area (Å²) in [6.45, 7) is 3.14. The second-order valence-electron chi connectivity index (χ2n) is 6.45. The second-order valence-corrected chi connectivity index (χ2v) is 6.45. The highest BCUT2D eigenvalue weighted by molar-refractivity contribution is 5.97. The molecule has 4 atom stereocenters. The van der Waals surface area contributed by atoms with Gasteiger partial charge in [0.2, 0.25) is 23.6 Å². The van der Waals surface area contributed by atoms with Gasteiger partial charge in [-0.3, -0.25) is 28.8 Å². The Labute approximate surface area is 160 Å². The van der Waals surface area contributed by atoms with Gasteiger partial charge in [0.25, 0.3) is 0 Å². The first-order valence-electron chi connectivity index (χ1n) is 8.66. The summed E-state index contributed by atoms with van der Waals surface area (Å²) >= 11 is 0. The van der Waals surface area contributed by atoms with Crippen molar-refractivity contribution >= 4 is 35.6 Å². The third-order valence-corrected chi connectivity index (χ3v) is 4.06. The van der Waals surface area contributed by atoms with Crippen LogP contribution in [0, 0.1) is 0 Å². The van der Waals surface area contributed by atoms with Gasteiger partial charge in [-0.05, 0) is 26.7 Å². The van der Waals surface area contributed by atoms with E-state index in [0.29, 0.717) is 0 Å². The fourth-order valence-corrected chi connectivity index (χ4v) is 2.43. The fourth-order valence-electron chi connectivity index (χ4n) is 2.43. The van der Waals surface area contributed by atoms with Crippen LogP contribution < -0.4 is 21.3 Å². The van der Waals surface area contributed by atoms with Crippen molar-refractivity contribution in [2.45, 2.75) is 63.7 Å². The summed E-state index contributed by atoms with van der Waals surface area (Å²) in [5.41, 5.74) is 0. The molecule has 28 heavy (non-hydrogen) atoms. The molecule has 0 saturated carbocycles. The van der Waals surface area contributed by atoms with Crippen LogP contribution in [-0.4, -0.2) is 69.9 Å². The van der Waals surface area contributed by atoms with Crippen molar-refractivity contribution in [2.75, 3.05) is 0 Å². The predicted molar refractivity (Wildman–Crippen MR) is 92.8 cm³/mol. The molecule has 2 rings (SSSR count). The standard InChI is InChI=1S/2C8H12N2O4/c2*1-4-7(13)10-5(8(14)9-4)2-3-6(11)12/h2*4-5H,2-3H2,1H3,(H,9,14)(H,10,13)(H,11,12)/t2*4-,5+/m10/s1. The normalized spacial score (nSPS) is 26.6. The van der Waals surface area contributed by atoms with Gasteiger partial charge < -0.3 is 31.5 Å². The predicted octanol–water partition coefficient (Wildman–Crippen LogP) is -2.29. The van der Waals surface area contributed by atoms with E-state index in [1.165, 1.54) is 0 Å². The number of nitrogens with one attached hydrogen (secondary N) is 4. The molecule has 12 nitrogen and oxygen atoms in total. The molecule has 0 spiro atoms. The van der Waals surface area contributed by atoms with Crippen molar-refractivity contribution in [2.24, 2.45) is 0 Å². The summed E-state index contributed by atoms with van der Waals surface area (Å²) in [5, 5.41) is 26.6. The highest BCUT2D eigenvalue weighted by atomic mass is 16.4. The van der Waals surface area contributed by atoms with Crippen LogP contribution in [0.4, 0.5) is 0 Å². The van der Waals surface area contributed by atoms with Crippen molar-refractivity contribution in [1.29, 1.82) is 0 Å². The zero-order valence-corrected chi connectivity index (χ0v) is 15.5. The Hall–Kier alpha value is -3.18. The van der Waals surface area contributed by atoms with Gasteiger partial charge in [0.15, 0.2) is 0 Å². The molecule has 12 heteroatoms. The van der Waals surface area contributed by atoms with Gasteiger partial charge >= 0.3 is 11.9 Å². The van der Waals surface area contributed by atoms with E-state index in [-0.39, 0.29) is 49.3 Å². The quantitative estimate of drug-likeness (QED) is 0.287. The van der Waals surface area contributed by atoms with Gasteiger partial charge in [0, 0.05) is 12.8 Å². The number of hydrogen-bond acceptors (Lipinski definition) is 6. The van der Waals surface area contributed by atoms with Gasteiger partial charge in [-0.2, -0.15) is 0 Å². The van der Waals surface area contributed by atoms with Crippen LogP contribution >= 0.6 is 0 Å². The van der Waals surface area contributed by atoms with E-state index in [0.717, 1.165) is 0 Å². The topological polar surface area (TPSA) is 191 Å². The van der Waals surface area contributed by atoms with E-state index < -0.39 is 36.1 Å². The zero-order chi connectivity index (χ0) is 21.4. The maximum atomic E-state index is 11.2. The molecule has 2 saturated heterocycles. The Kier molecular flexibility index (Phi) is 8.35. The Bertz CT molecular complexity index is 609. The number of carboxylic acids is 2. The van der Waals surface area contributed by atoms with Crippen molar-refractivity contribution in [3.63, 3.8) is 0 Å². The minimum Gasteiger partial charge on any atom is -0.481 e. The first-order valence-corrected chi connectivity index (χ1v) is 8.66. The Balaban J connectivity index is 0.000000280. The van der Waals surface area contributed by atoms with Crippen LogP contribution in [0.1, 0.15) is 39.5 Å². The number of carbonyl (C=O) groups excluding carboxylic acids is 4. The first kappa shape index (κ1) is 22.9. The van der Waals surface area contributed by atoms with Crippen LogP contribution in [0.2, 0.25) is 0 Å². The van der Waals surface area contributed by atoms with Crippen molar-refractivity contribution in [1.82, 2.24) is 21.3 Å². The molecule has 0 aromatic heterocycles. The summed E-state index contributed by atoms with van der Waals surface area (Å²) in [5.74, 6) is -3.16. The maximum Gasteiger partial charge on any atom is 0.303 e. The summed E-state index contributed by atoms with van der Waals surface area (Å²) in [6.07, 6.45) is -0.0151. The van der Waals surface area contributed by atoms with Crippen molar-refractivity contribution < 1.29 is 39.0 Å². The first-order chi connectivity index (χ1) is 13.0. The fraction of sp³-hybridized carbons (Fsp3) is 0.625. The molecular weight excluding hydrogens is 376 g/mol. The molecule has 0 aromatic rings. The number of hydrogen-bond donors (Lipinski definition) is 6. The van der Waals surface area contributed by atoms with Crippen LogP contribution in [0.25, 0.3) is 0 Å². The molecule has 4 amide bonds. The molecule has 156 valence electrons. The molecular formula is C16H24N4O8. The van der Waals surface area contributed by atoms with Gasteiger partial charge in [0.1, 0.15) is 24.2 Å². The second kappa shape index (κ2) is 10.2. The minimum atomic E-state index is -0.981. The van der Waals surface area contributed by atoms with Crippen LogP contribution in [-0.2, 0) is 28.8 Å². The van der Waals surface area contributed by atoms with E-state index >= 15 is 0 Å².